The van der Waals surface area contributed by atoms with Crippen LogP contribution in [0, 0.1) is 11.3 Å². The summed E-state index contributed by atoms with van der Waals surface area (Å²) in [5, 5.41) is 5.05. The number of likely N-dealkylation sites (tertiary alicyclic amines) is 1. The number of benzene rings is 1. The van der Waals surface area contributed by atoms with E-state index in [2.05, 4.69) is 20.8 Å². The molecule has 2 rings (SSSR count). The number of hydrogen-bond donors (Lipinski definition) is 1. The molecule has 0 spiro atoms. The SMILES string of the molecule is CC(C)(C)C1CCN(C(=O)c2ccc(S(N)(=O)=O)cc2)C1. The number of nitrogens with two attached hydrogens (primary N) is 1. The van der Waals surface area contributed by atoms with Gasteiger partial charge in [-0.2, -0.15) is 0 Å². The predicted octanol–water partition coefficient (Wildman–Crippen LogP) is 1.84. The van der Waals surface area contributed by atoms with Gasteiger partial charge >= 0.3 is 0 Å². The molecule has 1 amide bonds. The highest BCUT2D eigenvalue weighted by atomic mass is 32.2. The second kappa shape index (κ2) is 5.42. The number of carbonyl (C=O) groups is 1. The van der Waals surface area contributed by atoms with Crippen LogP contribution >= 0.6 is 0 Å². The second-order valence-electron chi connectivity index (χ2n) is 6.67. The molecule has 0 radical (unpaired) electrons. The molecule has 1 saturated heterocycles. The van der Waals surface area contributed by atoms with Crippen molar-refractivity contribution in [3.63, 3.8) is 0 Å². The molecule has 1 unspecified atom stereocenters. The molecule has 21 heavy (non-hydrogen) atoms. The van der Waals surface area contributed by atoms with E-state index in [0.717, 1.165) is 19.5 Å². The summed E-state index contributed by atoms with van der Waals surface area (Å²) in [4.78, 5) is 14.3. The first kappa shape index (κ1) is 16.0. The van der Waals surface area contributed by atoms with Crippen LogP contribution in [0.3, 0.4) is 0 Å². The Morgan fingerprint density at radius 2 is 1.81 bits per heavy atom. The quantitative estimate of drug-likeness (QED) is 0.905. The number of hydrogen-bond acceptors (Lipinski definition) is 3. The highest BCUT2D eigenvalue weighted by molar-refractivity contribution is 7.89. The fourth-order valence-electron chi connectivity index (χ4n) is 2.62. The third-order valence-electron chi connectivity index (χ3n) is 4.13. The van der Waals surface area contributed by atoms with E-state index in [-0.39, 0.29) is 16.2 Å². The summed E-state index contributed by atoms with van der Waals surface area (Å²) in [6.07, 6.45) is 1.00. The Balaban J connectivity index is 2.11. The Hall–Kier alpha value is -1.40. The topological polar surface area (TPSA) is 80.5 Å². The average Bonchev–Trinajstić information content (AvgIpc) is 2.86. The maximum Gasteiger partial charge on any atom is 0.253 e. The molecule has 1 aromatic rings. The van der Waals surface area contributed by atoms with E-state index in [1.165, 1.54) is 24.3 Å². The van der Waals surface area contributed by atoms with Crippen molar-refractivity contribution in [3.05, 3.63) is 29.8 Å². The summed E-state index contributed by atoms with van der Waals surface area (Å²) in [6, 6.07) is 5.79. The number of primary sulfonamides is 1. The Morgan fingerprint density at radius 1 is 1.24 bits per heavy atom. The van der Waals surface area contributed by atoms with E-state index in [0.29, 0.717) is 11.5 Å². The molecule has 1 fully saturated rings. The maximum absolute atomic E-state index is 12.4. The molecule has 5 nitrogen and oxygen atoms in total. The van der Waals surface area contributed by atoms with Gasteiger partial charge < -0.3 is 4.90 Å². The van der Waals surface area contributed by atoms with Gasteiger partial charge in [-0.25, -0.2) is 13.6 Å². The number of nitrogens with zero attached hydrogens (tertiary/aromatic N) is 1. The maximum atomic E-state index is 12.4. The summed E-state index contributed by atoms with van der Waals surface area (Å²) in [5.41, 5.74) is 0.684. The van der Waals surface area contributed by atoms with Crippen LogP contribution in [0.25, 0.3) is 0 Å². The van der Waals surface area contributed by atoms with Gasteiger partial charge in [-0.1, -0.05) is 20.8 Å². The molecular formula is C15H22N2O3S. The summed E-state index contributed by atoms with van der Waals surface area (Å²) in [7, 11) is -3.72. The molecule has 116 valence electrons. The largest absolute Gasteiger partial charge is 0.338 e. The molecule has 0 aliphatic carbocycles. The standard InChI is InChI=1S/C15H22N2O3S/c1-15(2,3)12-8-9-17(10-12)14(18)11-4-6-13(7-5-11)21(16,19)20/h4-7,12H,8-10H2,1-3H3,(H2,16,19,20). The molecule has 1 atom stereocenters. The van der Waals surface area contributed by atoms with E-state index >= 15 is 0 Å². The normalized spacial score (nSPS) is 19.8. The van der Waals surface area contributed by atoms with Crippen LogP contribution < -0.4 is 5.14 Å². The lowest BCUT2D eigenvalue weighted by molar-refractivity contribution is 0.0776. The molecule has 1 aliphatic rings. The van der Waals surface area contributed by atoms with Crippen molar-refractivity contribution in [3.8, 4) is 0 Å². The van der Waals surface area contributed by atoms with Crippen LogP contribution in [0.5, 0.6) is 0 Å². The van der Waals surface area contributed by atoms with Gasteiger partial charge in [0, 0.05) is 18.7 Å². The summed E-state index contributed by atoms with van der Waals surface area (Å²) < 4.78 is 22.4. The van der Waals surface area contributed by atoms with Crippen molar-refractivity contribution in [1.29, 1.82) is 0 Å². The monoisotopic (exact) mass is 310 g/mol. The Labute approximate surface area is 126 Å². The first-order valence-corrected chi connectivity index (χ1v) is 8.56. The Kier molecular flexibility index (Phi) is 4.13. The minimum atomic E-state index is -3.72. The smallest absolute Gasteiger partial charge is 0.253 e. The lowest BCUT2D eigenvalue weighted by Crippen LogP contribution is -2.31. The zero-order valence-corrected chi connectivity index (χ0v) is 13.5. The summed E-state index contributed by atoms with van der Waals surface area (Å²) >= 11 is 0. The predicted molar refractivity (Wildman–Crippen MR) is 81.3 cm³/mol. The number of carbonyl (C=O) groups excluding carboxylic acids is 1. The molecule has 1 heterocycles. The third kappa shape index (κ3) is 3.63. The first-order chi connectivity index (χ1) is 9.59. The highest BCUT2D eigenvalue weighted by Crippen LogP contribution is 2.34. The Bertz CT molecular complexity index is 630. The summed E-state index contributed by atoms with van der Waals surface area (Å²) in [6.45, 7) is 8.06. The second-order valence-corrected chi connectivity index (χ2v) is 8.23. The average molecular weight is 310 g/mol. The zero-order chi connectivity index (χ0) is 15.8. The lowest BCUT2D eigenvalue weighted by atomic mass is 9.80. The van der Waals surface area contributed by atoms with Crippen LogP contribution in [0.15, 0.2) is 29.2 Å². The van der Waals surface area contributed by atoms with Crippen LogP contribution in [0.2, 0.25) is 0 Å². The van der Waals surface area contributed by atoms with E-state index in [4.69, 9.17) is 5.14 Å². The molecule has 1 aliphatic heterocycles. The van der Waals surface area contributed by atoms with Crippen molar-refractivity contribution in [2.24, 2.45) is 16.5 Å². The van der Waals surface area contributed by atoms with Crippen molar-refractivity contribution in [2.45, 2.75) is 32.1 Å². The van der Waals surface area contributed by atoms with Crippen molar-refractivity contribution >= 4 is 15.9 Å². The fraction of sp³-hybridized carbons (Fsp3) is 0.533. The molecule has 0 aromatic heterocycles. The highest BCUT2D eigenvalue weighted by Gasteiger charge is 2.34. The van der Waals surface area contributed by atoms with Crippen LogP contribution in [-0.4, -0.2) is 32.3 Å². The molecule has 6 heteroatoms. The molecule has 2 N–H and O–H groups in total. The fourth-order valence-corrected chi connectivity index (χ4v) is 3.14. The van der Waals surface area contributed by atoms with Crippen LogP contribution in [0.4, 0.5) is 0 Å². The van der Waals surface area contributed by atoms with Crippen molar-refractivity contribution < 1.29 is 13.2 Å². The van der Waals surface area contributed by atoms with Crippen LogP contribution in [0.1, 0.15) is 37.6 Å². The number of amides is 1. The van der Waals surface area contributed by atoms with Gasteiger partial charge in [-0.15, -0.1) is 0 Å². The lowest BCUT2D eigenvalue weighted by Gasteiger charge is -2.27. The molecule has 1 aromatic carbocycles. The van der Waals surface area contributed by atoms with E-state index in [9.17, 15) is 13.2 Å². The number of rotatable bonds is 2. The van der Waals surface area contributed by atoms with Gasteiger partial charge in [-0.3, -0.25) is 4.79 Å². The third-order valence-corrected chi connectivity index (χ3v) is 5.06. The zero-order valence-electron chi connectivity index (χ0n) is 12.7. The molecule has 0 bridgehead atoms. The van der Waals surface area contributed by atoms with Crippen LogP contribution in [-0.2, 0) is 10.0 Å². The van der Waals surface area contributed by atoms with E-state index < -0.39 is 10.0 Å². The number of sulfonamides is 1. The van der Waals surface area contributed by atoms with Gasteiger partial charge in [-0.05, 0) is 42.0 Å². The van der Waals surface area contributed by atoms with Gasteiger partial charge in [0.15, 0.2) is 0 Å². The van der Waals surface area contributed by atoms with Crippen molar-refractivity contribution in [2.75, 3.05) is 13.1 Å². The van der Waals surface area contributed by atoms with E-state index in [1.807, 2.05) is 4.90 Å². The first-order valence-electron chi connectivity index (χ1n) is 7.01. The summed E-state index contributed by atoms with van der Waals surface area (Å²) in [5.74, 6) is 0.438. The van der Waals surface area contributed by atoms with E-state index in [1.54, 1.807) is 0 Å². The Morgan fingerprint density at radius 3 is 2.24 bits per heavy atom. The van der Waals surface area contributed by atoms with Gasteiger partial charge in [0.25, 0.3) is 5.91 Å². The van der Waals surface area contributed by atoms with Crippen molar-refractivity contribution in [1.82, 2.24) is 4.90 Å². The van der Waals surface area contributed by atoms with Gasteiger partial charge in [0.1, 0.15) is 0 Å². The van der Waals surface area contributed by atoms with Gasteiger partial charge in [0.2, 0.25) is 10.0 Å². The molecular weight excluding hydrogens is 288 g/mol. The minimum absolute atomic E-state index is 0.0213. The van der Waals surface area contributed by atoms with Gasteiger partial charge in [0.05, 0.1) is 4.90 Å². The molecule has 0 saturated carbocycles. The minimum Gasteiger partial charge on any atom is -0.338 e.